The van der Waals surface area contributed by atoms with Crippen LogP contribution in [0.2, 0.25) is 0 Å². The average Bonchev–Trinajstić information content (AvgIpc) is 2.69. The minimum absolute atomic E-state index is 0.0821. The lowest BCUT2D eigenvalue weighted by molar-refractivity contribution is 0.276. The number of rotatable bonds is 3. The third-order valence-corrected chi connectivity index (χ3v) is 2.18. The summed E-state index contributed by atoms with van der Waals surface area (Å²) in [5.41, 5.74) is 2.66. The van der Waals surface area contributed by atoms with Gasteiger partial charge >= 0.3 is 0 Å². The van der Waals surface area contributed by atoms with Crippen LogP contribution in [0.4, 0.5) is 0 Å². The number of aliphatic hydroxyl groups is 1. The zero-order valence-corrected chi connectivity index (χ0v) is 8.46. The van der Waals surface area contributed by atoms with Crippen LogP contribution in [0.3, 0.4) is 0 Å². The fourth-order valence-electron chi connectivity index (χ4n) is 1.33. The minimum Gasteiger partial charge on any atom is -0.390 e. The average molecular weight is 204 g/mol. The molecule has 0 bridgehead atoms. The van der Waals surface area contributed by atoms with Crippen LogP contribution in [0, 0.1) is 6.92 Å². The van der Waals surface area contributed by atoms with Gasteiger partial charge in [0.2, 0.25) is 0 Å². The Balaban J connectivity index is 2.18. The highest BCUT2D eigenvalue weighted by Gasteiger charge is 2.02. The van der Waals surface area contributed by atoms with Crippen molar-refractivity contribution in [1.82, 2.24) is 20.0 Å². The Morgan fingerprint density at radius 2 is 2.33 bits per heavy atom. The molecule has 5 nitrogen and oxygen atoms in total. The molecule has 0 amide bonds. The molecule has 1 N–H and O–H groups in total. The lowest BCUT2D eigenvalue weighted by atomic mass is 10.2. The zero-order valence-electron chi connectivity index (χ0n) is 8.46. The number of aryl methyl sites for hydroxylation is 1. The van der Waals surface area contributed by atoms with Gasteiger partial charge in [-0.15, -0.1) is 5.10 Å². The van der Waals surface area contributed by atoms with Crippen LogP contribution < -0.4 is 0 Å². The van der Waals surface area contributed by atoms with Crippen molar-refractivity contribution in [2.45, 2.75) is 20.1 Å². The van der Waals surface area contributed by atoms with Crippen LogP contribution in [0.5, 0.6) is 0 Å². The summed E-state index contributed by atoms with van der Waals surface area (Å²) in [5.74, 6) is 0. The quantitative estimate of drug-likeness (QED) is 0.791. The van der Waals surface area contributed by atoms with Crippen LogP contribution in [0.1, 0.15) is 17.0 Å². The van der Waals surface area contributed by atoms with Gasteiger partial charge in [0.15, 0.2) is 0 Å². The standard InChI is InChI=1S/C10H12N4O/c1-8-3-2-4-11-10(8)6-14-5-9(7-15)12-13-14/h2-5,15H,6-7H2,1H3. The van der Waals surface area contributed by atoms with Crippen molar-refractivity contribution in [3.63, 3.8) is 0 Å². The van der Waals surface area contributed by atoms with Crippen LogP contribution in [0.25, 0.3) is 0 Å². The first kappa shape index (κ1) is 9.79. The molecule has 0 aromatic carbocycles. The normalized spacial score (nSPS) is 10.5. The molecule has 0 atom stereocenters. The zero-order chi connectivity index (χ0) is 10.7. The van der Waals surface area contributed by atoms with Crippen molar-refractivity contribution in [2.75, 3.05) is 0 Å². The largest absolute Gasteiger partial charge is 0.390 e. The Labute approximate surface area is 87.4 Å². The number of hydrogen-bond donors (Lipinski definition) is 1. The third kappa shape index (κ3) is 2.19. The van der Waals surface area contributed by atoms with E-state index in [1.165, 1.54) is 0 Å². The van der Waals surface area contributed by atoms with Gasteiger partial charge in [-0.1, -0.05) is 11.3 Å². The van der Waals surface area contributed by atoms with Crippen molar-refractivity contribution in [2.24, 2.45) is 0 Å². The lowest BCUT2D eigenvalue weighted by Crippen LogP contribution is -2.04. The molecule has 0 spiro atoms. The van der Waals surface area contributed by atoms with Crippen molar-refractivity contribution in [3.8, 4) is 0 Å². The highest BCUT2D eigenvalue weighted by molar-refractivity contribution is 5.17. The summed E-state index contributed by atoms with van der Waals surface area (Å²) in [5, 5.41) is 16.5. The summed E-state index contributed by atoms with van der Waals surface area (Å²) < 4.78 is 1.67. The number of aromatic nitrogens is 4. The molecule has 5 heteroatoms. The second-order valence-corrected chi connectivity index (χ2v) is 3.33. The molecule has 0 unspecified atom stereocenters. The summed E-state index contributed by atoms with van der Waals surface area (Å²) in [6.45, 7) is 2.51. The van der Waals surface area contributed by atoms with Crippen LogP contribution in [-0.2, 0) is 13.2 Å². The molecule has 2 rings (SSSR count). The molecular weight excluding hydrogens is 192 g/mol. The van der Waals surface area contributed by atoms with Crippen molar-refractivity contribution in [3.05, 3.63) is 41.5 Å². The molecule has 0 fully saturated rings. The first-order valence-corrected chi connectivity index (χ1v) is 4.70. The third-order valence-electron chi connectivity index (χ3n) is 2.18. The second kappa shape index (κ2) is 4.18. The molecule has 0 radical (unpaired) electrons. The first-order chi connectivity index (χ1) is 7.29. The topological polar surface area (TPSA) is 63.8 Å². The highest BCUT2D eigenvalue weighted by atomic mass is 16.3. The molecule has 15 heavy (non-hydrogen) atoms. The fourth-order valence-corrected chi connectivity index (χ4v) is 1.33. The fraction of sp³-hybridized carbons (Fsp3) is 0.300. The van der Waals surface area contributed by atoms with E-state index in [9.17, 15) is 0 Å². The number of aliphatic hydroxyl groups excluding tert-OH is 1. The van der Waals surface area contributed by atoms with Crippen LogP contribution >= 0.6 is 0 Å². The van der Waals surface area contributed by atoms with Gasteiger partial charge in [0.25, 0.3) is 0 Å². The Hall–Kier alpha value is -1.75. The van der Waals surface area contributed by atoms with E-state index in [-0.39, 0.29) is 6.61 Å². The number of nitrogens with zero attached hydrogens (tertiary/aromatic N) is 4. The van der Waals surface area contributed by atoms with E-state index < -0.39 is 0 Å². The van der Waals surface area contributed by atoms with Gasteiger partial charge in [-0.25, -0.2) is 4.68 Å². The highest BCUT2D eigenvalue weighted by Crippen LogP contribution is 2.05. The SMILES string of the molecule is Cc1cccnc1Cn1cc(CO)nn1. The Bertz CT molecular complexity index is 452. The molecule has 2 heterocycles. The van der Waals surface area contributed by atoms with Gasteiger partial charge in [-0.3, -0.25) is 4.98 Å². The van der Waals surface area contributed by atoms with Gasteiger partial charge in [0.05, 0.1) is 25.0 Å². The van der Waals surface area contributed by atoms with E-state index in [1.54, 1.807) is 17.1 Å². The first-order valence-electron chi connectivity index (χ1n) is 4.70. The predicted molar refractivity (Wildman–Crippen MR) is 54.0 cm³/mol. The van der Waals surface area contributed by atoms with Crippen molar-refractivity contribution in [1.29, 1.82) is 0 Å². The molecule has 0 aliphatic rings. The van der Waals surface area contributed by atoms with Crippen molar-refractivity contribution >= 4 is 0 Å². The van der Waals surface area contributed by atoms with E-state index >= 15 is 0 Å². The summed E-state index contributed by atoms with van der Waals surface area (Å²) in [4.78, 5) is 4.26. The number of pyridine rings is 1. The van der Waals surface area contributed by atoms with Gasteiger partial charge in [0, 0.05) is 6.20 Å². The lowest BCUT2D eigenvalue weighted by Gasteiger charge is -2.02. The van der Waals surface area contributed by atoms with Gasteiger partial charge in [-0.05, 0) is 18.6 Å². The minimum atomic E-state index is -0.0821. The summed E-state index contributed by atoms with van der Waals surface area (Å²) in [6.07, 6.45) is 3.47. The maximum Gasteiger partial charge on any atom is 0.108 e. The molecule has 78 valence electrons. The van der Waals surface area contributed by atoms with E-state index in [0.717, 1.165) is 11.3 Å². The monoisotopic (exact) mass is 204 g/mol. The molecule has 0 saturated carbocycles. The van der Waals surface area contributed by atoms with Gasteiger partial charge in [-0.2, -0.15) is 0 Å². The molecule has 2 aromatic heterocycles. The van der Waals surface area contributed by atoms with Crippen molar-refractivity contribution < 1.29 is 5.11 Å². The van der Waals surface area contributed by atoms with E-state index in [0.29, 0.717) is 12.2 Å². The summed E-state index contributed by atoms with van der Waals surface area (Å²) in [6, 6.07) is 3.91. The van der Waals surface area contributed by atoms with E-state index in [2.05, 4.69) is 15.3 Å². The molecule has 0 aliphatic carbocycles. The predicted octanol–water partition coefficient (Wildman–Crippen LogP) is 0.522. The second-order valence-electron chi connectivity index (χ2n) is 3.33. The maximum atomic E-state index is 8.84. The Kier molecular flexibility index (Phi) is 2.73. The van der Waals surface area contributed by atoms with Gasteiger partial charge in [0.1, 0.15) is 5.69 Å². The van der Waals surface area contributed by atoms with Crippen LogP contribution in [-0.4, -0.2) is 25.1 Å². The Morgan fingerprint density at radius 1 is 1.47 bits per heavy atom. The summed E-state index contributed by atoms with van der Waals surface area (Å²) in [7, 11) is 0. The molecule has 2 aromatic rings. The molecular formula is C10H12N4O. The Morgan fingerprint density at radius 3 is 3.00 bits per heavy atom. The van der Waals surface area contributed by atoms with Crippen LogP contribution in [0.15, 0.2) is 24.5 Å². The van der Waals surface area contributed by atoms with E-state index in [4.69, 9.17) is 5.11 Å². The maximum absolute atomic E-state index is 8.84. The molecule has 0 saturated heterocycles. The number of hydrogen-bond acceptors (Lipinski definition) is 4. The summed E-state index contributed by atoms with van der Waals surface area (Å²) >= 11 is 0. The van der Waals surface area contributed by atoms with E-state index in [1.807, 2.05) is 19.1 Å². The molecule has 0 aliphatic heterocycles. The van der Waals surface area contributed by atoms with Gasteiger partial charge < -0.3 is 5.11 Å². The smallest absolute Gasteiger partial charge is 0.108 e.